The lowest BCUT2D eigenvalue weighted by molar-refractivity contribution is 0.147. The third kappa shape index (κ3) is 4.83. The van der Waals surface area contributed by atoms with Gasteiger partial charge in [0.2, 0.25) is 0 Å². The highest BCUT2D eigenvalue weighted by atomic mass is 16.1. The molecule has 152 valence electrons. The van der Waals surface area contributed by atoms with Crippen LogP contribution in [0.5, 0.6) is 0 Å². The molecular weight excluding hydrogens is 364 g/mol. The standard InChI is InChI=1S/C22H28N6O/c23-14-17-8-9-21(24-15-17)25-16-19-6-3-4-10-27(19)11-12-28-22(29)13-18-5-1-2-7-20(18)26-28/h8-9,13,15,19H,1-7,10-12,16H2,(H,24,25). The molecule has 29 heavy (non-hydrogen) atoms. The Morgan fingerprint density at radius 1 is 1.17 bits per heavy atom. The van der Waals surface area contributed by atoms with Crippen LogP contribution in [0.3, 0.4) is 0 Å². The smallest absolute Gasteiger partial charge is 0.267 e. The summed E-state index contributed by atoms with van der Waals surface area (Å²) >= 11 is 0. The molecule has 1 aliphatic carbocycles. The number of pyridine rings is 1. The van der Waals surface area contributed by atoms with Gasteiger partial charge in [0.1, 0.15) is 11.9 Å². The van der Waals surface area contributed by atoms with E-state index in [1.54, 1.807) is 23.0 Å². The first-order valence-electron chi connectivity index (χ1n) is 10.7. The molecule has 1 N–H and O–H groups in total. The summed E-state index contributed by atoms with van der Waals surface area (Å²) in [5.74, 6) is 0.794. The summed E-state index contributed by atoms with van der Waals surface area (Å²) in [6.07, 6.45) is 9.45. The van der Waals surface area contributed by atoms with E-state index in [2.05, 4.69) is 26.4 Å². The van der Waals surface area contributed by atoms with Crippen molar-refractivity contribution in [1.82, 2.24) is 19.7 Å². The largest absolute Gasteiger partial charge is 0.369 e. The van der Waals surface area contributed by atoms with Gasteiger partial charge in [-0.05, 0) is 62.8 Å². The second-order valence-corrected chi connectivity index (χ2v) is 8.00. The number of likely N-dealkylation sites (tertiary alicyclic amines) is 1. The zero-order chi connectivity index (χ0) is 20.1. The highest BCUT2D eigenvalue weighted by Crippen LogP contribution is 2.19. The molecule has 0 spiro atoms. The minimum atomic E-state index is 0.0270. The molecule has 3 heterocycles. The van der Waals surface area contributed by atoms with Crippen LogP contribution in [0.15, 0.2) is 29.2 Å². The number of nitrogens with zero attached hydrogens (tertiary/aromatic N) is 5. The third-order valence-corrected chi connectivity index (χ3v) is 6.03. The number of aromatic nitrogens is 3. The van der Waals surface area contributed by atoms with Gasteiger partial charge in [-0.15, -0.1) is 0 Å². The summed E-state index contributed by atoms with van der Waals surface area (Å²) in [7, 11) is 0. The van der Waals surface area contributed by atoms with Gasteiger partial charge in [-0.1, -0.05) is 6.42 Å². The van der Waals surface area contributed by atoms with Crippen LogP contribution in [0.4, 0.5) is 5.82 Å². The van der Waals surface area contributed by atoms with Crippen molar-refractivity contribution in [1.29, 1.82) is 5.26 Å². The molecule has 0 aromatic carbocycles. The molecule has 2 aromatic rings. The molecule has 1 aliphatic heterocycles. The molecule has 2 aliphatic rings. The van der Waals surface area contributed by atoms with Crippen LogP contribution in [0, 0.1) is 11.3 Å². The van der Waals surface area contributed by atoms with Crippen LogP contribution < -0.4 is 10.9 Å². The topological polar surface area (TPSA) is 86.8 Å². The molecule has 1 fully saturated rings. The number of piperidine rings is 1. The summed E-state index contributed by atoms with van der Waals surface area (Å²) in [5.41, 5.74) is 2.85. The molecule has 7 nitrogen and oxygen atoms in total. The Balaban J connectivity index is 1.36. The average molecular weight is 393 g/mol. The Hall–Kier alpha value is -2.72. The number of rotatable bonds is 6. The maximum atomic E-state index is 12.4. The Morgan fingerprint density at radius 3 is 2.90 bits per heavy atom. The van der Waals surface area contributed by atoms with Crippen molar-refractivity contribution in [3.05, 3.63) is 51.6 Å². The highest BCUT2D eigenvalue weighted by Gasteiger charge is 2.22. The summed E-state index contributed by atoms with van der Waals surface area (Å²) in [5, 5.41) is 16.9. The molecule has 1 unspecified atom stereocenters. The second kappa shape index (κ2) is 9.19. The second-order valence-electron chi connectivity index (χ2n) is 8.00. The van der Waals surface area contributed by atoms with Crippen LogP contribution in [0.25, 0.3) is 0 Å². The van der Waals surface area contributed by atoms with Crippen molar-refractivity contribution in [2.24, 2.45) is 0 Å². The van der Waals surface area contributed by atoms with E-state index in [1.807, 2.05) is 6.07 Å². The number of hydrogen-bond acceptors (Lipinski definition) is 6. The number of nitriles is 1. The molecule has 4 rings (SSSR count). The number of aryl methyl sites for hydroxylation is 2. The molecule has 0 bridgehead atoms. The van der Waals surface area contributed by atoms with Crippen LogP contribution >= 0.6 is 0 Å². The first-order chi connectivity index (χ1) is 14.2. The fourth-order valence-electron chi connectivity index (χ4n) is 4.36. The number of nitrogens with one attached hydrogen (secondary N) is 1. The Morgan fingerprint density at radius 2 is 2.07 bits per heavy atom. The quantitative estimate of drug-likeness (QED) is 0.812. The summed E-state index contributed by atoms with van der Waals surface area (Å²) < 4.78 is 1.66. The van der Waals surface area contributed by atoms with Crippen LogP contribution in [-0.2, 0) is 19.4 Å². The van der Waals surface area contributed by atoms with Gasteiger partial charge in [0.25, 0.3) is 5.56 Å². The van der Waals surface area contributed by atoms with Crippen LogP contribution in [-0.4, -0.2) is 45.3 Å². The van der Waals surface area contributed by atoms with E-state index >= 15 is 0 Å². The monoisotopic (exact) mass is 392 g/mol. The van der Waals surface area contributed by atoms with Gasteiger partial charge in [0.05, 0.1) is 17.8 Å². The summed E-state index contributed by atoms with van der Waals surface area (Å²) in [6, 6.07) is 7.93. The zero-order valence-electron chi connectivity index (χ0n) is 16.8. The van der Waals surface area contributed by atoms with Crippen molar-refractivity contribution >= 4 is 5.82 Å². The first-order valence-corrected chi connectivity index (χ1v) is 10.7. The normalized spacial score (nSPS) is 19.3. The van der Waals surface area contributed by atoms with Gasteiger partial charge in [0.15, 0.2) is 0 Å². The molecule has 0 amide bonds. The lowest BCUT2D eigenvalue weighted by atomic mass is 9.97. The van der Waals surface area contributed by atoms with E-state index in [4.69, 9.17) is 5.26 Å². The molecular formula is C22H28N6O. The number of hydrogen-bond donors (Lipinski definition) is 1. The lowest BCUT2D eigenvalue weighted by Gasteiger charge is -2.36. The predicted molar refractivity (Wildman–Crippen MR) is 112 cm³/mol. The highest BCUT2D eigenvalue weighted by molar-refractivity contribution is 5.39. The molecule has 7 heteroatoms. The summed E-state index contributed by atoms with van der Waals surface area (Å²) in [4.78, 5) is 19.2. The Kier molecular flexibility index (Phi) is 6.20. The zero-order valence-corrected chi connectivity index (χ0v) is 16.8. The van der Waals surface area contributed by atoms with E-state index < -0.39 is 0 Å². The number of fused-ring (bicyclic) bond motifs is 1. The minimum absolute atomic E-state index is 0.0270. The maximum Gasteiger partial charge on any atom is 0.267 e. The molecule has 1 atom stereocenters. The van der Waals surface area contributed by atoms with Crippen molar-refractivity contribution in [2.45, 2.75) is 57.5 Å². The van der Waals surface area contributed by atoms with Gasteiger partial charge < -0.3 is 5.32 Å². The fraction of sp³-hybridized carbons (Fsp3) is 0.545. The van der Waals surface area contributed by atoms with Gasteiger partial charge >= 0.3 is 0 Å². The Labute approximate surface area is 171 Å². The van der Waals surface area contributed by atoms with Gasteiger partial charge in [-0.2, -0.15) is 10.4 Å². The average Bonchev–Trinajstić information content (AvgIpc) is 2.77. The van der Waals surface area contributed by atoms with E-state index in [-0.39, 0.29) is 5.56 Å². The van der Waals surface area contributed by atoms with Crippen molar-refractivity contribution in [3.8, 4) is 6.07 Å². The van der Waals surface area contributed by atoms with Crippen LogP contribution in [0.2, 0.25) is 0 Å². The van der Waals surface area contributed by atoms with Crippen molar-refractivity contribution in [2.75, 3.05) is 25.0 Å². The fourth-order valence-corrected chi connectivity index (χ4v) is 4.36. The SMILES string of the molecule is N#Cc1ccc(NCC2CCCCN2CCn2nc3c(cc2=O)CCCC3)nc1. The van der Waals surface area contributed by atoms with Crippen molar-refractivity contribution < 1.29 is 0 Å². The van der Waals surface area contributed by atoms with Gasteiger partial charge in [0, 0.05) is 31.4 Å². The summed E-state index contributed by atoms with van der Waals surface area (Å²) in [6.45, 7) is 3.33. The third-order valence-electron chi connectivity index (χ3n) is 6.03. The van der Waals surface area contributed by atoms with E-state index in [0.717, 1.165) is 62.4 Å². The van der Waals surface area contributed by atoms with Crippen molar-refractivity contribution in [3.63, 3.8) is 0 Å². The molecule has 1 saturated heterocycles. The lowest BCUT2D eigenvalue weighted by Crippen LogP contribution is -2.45. The molecule has 0 saturated carbocycles. The predicted octanol–water partition coefficient (Wildman–Crippen LogP) is 2.36. The first kappa shape index (κ1) is 19.6. The van der Waals surface area contributed by atoms with Gasteiger partial charge in [-0.25, -0.2) is 9.67 Å². The molecule has 0 radical (unpaired) electrons. The van der Waals surface area contributed by atoms with E-state index in [1.165, 1.54) is 19.3 Å². The van der Waals surface area contributed by atoms with E-state index in [9.17, 15) is 4.79 Å². The Bertz CT molecular complexity index is 930. The minimum Gasteiger partial charge on any atom is -0.369 e. The maximum absolute atomic E-state index is 12.4. The van der Waals surface area contributed by atoms with Gasteiger partial charge in [-0.3, -0.25) is 9.69 Å². The van der Waals surface area contributed by atoms with E-state index in [0.29, 0.717) is 18.2 Å². The van der Waals surface area contributed by atoms with Crippen LogP contribution in [0.1, 0.15) is 48.9 Å². The number of anilines is 1. The molecule has 2 aromatic heterocycles.